The Kier molecular flexibility index (Phi) is 4.01. The van der Waals surface area contributed by atoms with Crippen LogP contribution in [0.1, 0.15) is 18.4 Å². The molecule has 2 fully saturated rings. The van der Waals surface area contributed by atoms with Gasteiger partial charge in [-0.05, 0) is 48.3 Å². The number of piperazine rings is 1. The summed E-state index contributed by atoms with van der Waals surface area (Å²) in [5.41, 5.74) is 1.09. The van der Waals surface area contributed by atoms with Gasteiger partial charge in [-0.25, -0.2) is 4.39 Å². The molecular formula is C19H25FN2. The van der Waals surface area contributed by atoms with E-state index < -0.39 is 0 Å². The number of benzene rings is 1. The van der Waals surface area contributed by atoms with Gasteiger partial charge < -0.3 is 4.90 Å². The highest BCUT2D eigenvalue weighted by Gasteiger charge is 2.36. The maximum Gasteiger partial charge on any atom is 0.123 e. The van der Waals surface area contributed by atoms with E-state index in [9.17, 15) is 4.39 Å². The average Bonchev–Trinajstić information content (AvgIpc) is 3.12. The first-order valence-electron chi connectivity index (χ1n) is 8.64. The lowest BCUT2D eigenvalue weighted by atomic mass is 9.93. The lowest BCUT2D eigenvalue weighted by Crippen LogP contribution is -2.47. The Morgan fingerprint density at radius 1 is 1.00 bits per heavy atom. The zero-order chi connectivity index (χ0) is 14.9. The lowest BCUT2D eigenvalue weighted by molar-refractivity contribution is 0.108. The summed E-state index contributed by atoms with van der Waals surface area (Å²) in [4.78, 5) is 5.09. The van der Waals surface area contributed by atoms with Crippen LogP contribution in [0.5, 0.6) is 0 Å². The van der Waals surface area contributed by atoms with Crippen LogP contribution in [0.4, 0.5) is 4.39 Å². The first-order valence-corrected chi connectivity index (χ1v) is 8.64. The molecule has 2 nitrogen and oxygen atoms in total. The Hall–Kier alpha value is -1.19. The smallest absolute Gasteiger partial charge is 0.123 e. The molecule has 3 aliphatic rings. The Balaban J connectivity index is 1.25. The fraction of sp³-hybridized carbons (Fsp3) is 0.579. The molecule has 1 saturated heterocycles. The normalized spacial score (nSPS) is 32.0. The maximum atomic E-state index is 13.3. The van der Waals surface area contributed by atoms with E-state index >= 15 is 0 Å². The van der Waals surface area contributed by atoms with Crippen molar-refractivity contribution in [2.45, 2.75) is 19.4 Å². The Labute approximate surface area is 132 Å². The summed E-state index contributed by atoms with van der Waals surface area (Å²) in [7, 11) is 0. The van der Waals surface area contributed by atoms with Gasteiger partial charge in [0.05, 0.1) is 0 Å². The van der Waals surface area contributed by atoms with Gasteiger partial charge in [0.25, 0.3) is 0 Å². The molecule has 22 heavy (non-hydrogen) atoms. The van der Waals surface area contributed by atoms with E-state index in [0.717, 1.165) is 56.0 Å². The molecule has 1 aromatic carbocycles. The molecule has 1 heterocycles. The Morgan fingerprint density at radius 3 is 2.50 bits per heavy atom. The predicted octanol–water partition coefficient (Wildman–Crippen LogP) is 3.16. The van der Waals surface area contributed by atoms with Crippen molar-refractivity contribution in [1.82, 2.24) is 9.80 Å². The molecule has 0 unspecified atom stereocenters. The van der Waals surface area contributed by atoms with Crippen LogP contribution in [-0.4, -0.2) is 42.5 Å². The van der Waals surface area contributed by atoms with E-state index in [4.69, 9.17) is 0 Å². The maximum absolute atomic E-state index is 13.3. The molecule has 3 heteroatoms. The van der Waals surface area contributed by atoms with Gasteiger partial charge in [-0.1, -0.05) is 24.3 Å². The minimum atomic E-state index is -0.125. The number of halogens is 1. The Bertz CT molecular complexity index is 548. The van der Waals surface area contributed by atoms with E-state index in [1.54, 1.807) is 6.07 Å². The second-order valence-electron chi connectivity index (χ2n) is 7.25. The van der Waals surface area contributed by atoms with Crippen LogP contribution < -0.4 is 0 Å². The van der Waals surface area contributed by atoms with Crippen molar-refractivity contribution in [3.63, 3.8) is 0 Å². The predicted molar refractivity (Wildman–Crippen MR) is 87.0 cm³/mol. The van der Waals surface area contributed by atoms with Crippen LogP contribution in [0.3, 0.4) is 0 Å². The van der Waals surface area contributed by atoms with Crippen LogP contribution in [0.15, 0.2) is 36.4 Å². The summed E-state index contributed by atoms with van der Waals surface area (Å²) in [6.45, 7) is 6.68. The van der Waals surface area contributed by atoms with E-state index in [-0.39, 0.29) is 5.82 Å². The summed E-state index contributed by atoms with van der Waals surface area (Å²) < 4.78 is 13.3. The summed E-state index contributed by atoms with van der Waals surface area (Å²) in [5.74, 6) is 2.50. The summed E-state index contributed by atoms with van der Waals surface area (Å²) in [5, 5.41) is 0. The molecule has 0 N–H and O–H groups in total. The Morgan fingerprint density at radius 2 is 1.82 bits per heavy atom. The van der Waals surface area contributed by atoms with Crippen LogP contribution in [0.2, 0.25) is 0 Å². The minimum absolute atomic E-state index is 0.125. The van der Waals surface area contributed by atoms with Crippen LogP contribution >= 0.6 is 0 Å². The topological polar surface area (TPSA) is 6.48 Å². The summed E-state index contributed by atoms with van der Waals surface area (Å²) in [6, 6.07) is 7.01. The third kappa shape index (κ3) is 3.11. The monoisotopic (exact) mass is 300 g/mol. The fourth-order valence-electron chi connectivity index (χ4n) is 4.46. The van der Waals surface area contributed by atoms with Crippen molar-refractivity contribution in [3.05, 3.63) is 47.8 Å². The molecule has 0 aromatic heterocycles. The SMILES string of the molecule is Fc1cccc(CN2CCN(C[C@H]3C[C@H]4C=C[C@@H]3C4)CC2)c1. The van der Waals surface area contributed by atoms with E-state index in [2.05, 4.69) is 22.0 Å². The number of hydrogen-bond donors (Lipinski definition) is 0. The molecule has 2 bridgehead atoms. The molecule has 2 aliphatic carbocycles. The van der Waals surface area contributed by atoms with Gasteiger partial charge in [0, 0.05) is 39.3 Å². The third-order valence-electron chi connectivity index (χ3n) is 5.67. The largest absolute Gasteiger partial charge is 0.300 e. The molecule has 3 atom stereocenters. The van der Waals surface area contributed by atoms with Gasteiger partial charge in [-0.15, -0.1) is 0 Å². The van der Waals surface area contributed by atoms with Crippen LogP contribution in [-0.2, 0) is 6.54 Å². The van der Waals surface area contributed by atoms with Crippen molar-refractivity contribution < 1.29 is 4.39 Å². The van der Waals surface area contributed by atoms with Crippen molar-refractivity contribution in [2.75, 3.05) is 32.7 Å². The minimum Gasteiger partial charge on any atom is -0.300 e. The molecule has 0 radical (unpaired) electrons. The lowest BCUT2D eigenvalue weighted by Gasteiger charge is -2.37. The van der Waals surface area contributed by atoms with Gasteiger partial charge in [0.2, 0.25) is 0 Å². The molecule has 118 valence electrons. The molecule has 1 saturated carbocycles. The van der Waals surface area contributed by atoms with Gasteiger partial charge in [-0.3, -0.25) is 4.90 Å². The number of rotatable bonds is 4. The fourth-order valence-corrected chi connectivity index (χ4v) is 4.46. The molecule has 0 amide bonds. The highest BCUT2D eigenvalue weighted by atomic mass is 19.1. The van der Waals surface area contributed by atoms with E-state index in [1.807, 2.05) is 12.1 Å². The number of fused-ring (bicyclic) bond motifs is 2. The number of hydrogen-bond acceptors (Lipinski definition) is 2. The van der Waals surface area contributed by atoms with Crippen molar-refractivity contribution in [2.24, 2.45) is 17.8 Å². The first kappa shape index (κ1) is 14.4. The van der Waals surface area contributed by atoms with Gasteiger partial charge in [0.15, 0.2) is 0 Å². The van der Waals surface area contributed by atoms with E-state index in [1.165, 1.54) is 25.5 Å². The van der Waals surface area contributed by atoms with Crippen LogP contribution in [0.25, 0.3) is 0 Å². The average molecular weight is 300 g/mol. The molecular weight excluding hydrogens is 275 g/mol. The molecule has 0 spiro atoms. The summed E-state index contributed by atoms with van der Waals surface area (Å²) >= 11 is 0. The zero-order valence-corrected chi connectivity index (χ0v) is 13.1. The van der Waals surface area contributed by atoms with Gasteiger partial charge >= 0.3 is 0 Å². The zero-order valence-electron chi connectivity index (χ0n) is 13.1. The summed E-state index contributed by atoms with van der Waals surface area (Å²) in [6.07, 6.45) is 7.70. The highest BCUT2D eigenvalue weighted by Crippen LogP contribution is 2.43. The van der Waals surface area contributed by atoms with E-state index in [0.29, 0.717) is 0 Å². The first-order chi connectivity index (χ1) is 10.8. The molecule has 4 rings (SSSR count). The highest BCUT2D eigenvalue weighted by molar-refractivity contribution is 5.16. The second-order valence-corrected chi connectivity index (χ2v) is 7.25. The number of nitrogens with zero attached hydrogens (tertiary/aromatic N) is 2. The van der Waals surface area contributed by atoms with Crippen LogP contribution in [0, 0.1) is 23.6 Å². The van der Waals surface area contributed by atoms with Gasteiger partial charge in [0.1, 0.15) is 5.82 Å². The quantitative estimate of drug-likeness (QED) is 0.788. The second kappa shape index (κ2) is 6.13. The third-order valence-corrected chi connectivity index (χ3v) is 5.67. The van der Waals surface area contributed by atoms with Crippen molar-refractivity contribution >= 4 is 0 Å². The van der Waals surface area contributed by atoms with Crippen molar-refractivity contribution in [1.29, 1.82) is 0 Å². The molecule has 1 aromatic rings. The number of allylic oxidation sites excluding steroid dienone is 2. The van der Waals surface area contributed by atoms with Crippen molar-refractivity contribution in [3.8, 4) is 0 Å². The van der Waals surface area contributed by atoms with Gasteiger partial charge in [-0.2, -0.15) is 0 Å². The molecule has 1 aliphatic heterocycles. The standard InChI is InChI=1S/C19H25FN2/c20-19-3-1-2-16(12-19)13-21-6-8-22(9-7-21)14-18-11-15-4-5-17(18)10-15/h1-5,12,15,17-18H,6-11,13-14H2/t15-,17+,18+/m0/s1.